The molecule has 9 nitrogen and oxygen atoms in total. The molecule has 2 heterocycles. The minimum Gasteiger partial charge on any atom is -0.497 e. The summed E-state index contributed by atoms with van der Waals surface area (Å²) in [7, 11) is -0.617. The van der Waals surface area contributed by atoms with Crippen LogP contribution in [-0.2, 0) is 21.4 Å². The Hall–Kier alpha value is -3.31. The predicted molar refractivity (Wildman–Crippen MR) is 121 cm³/mol. The SMILES string of the molecule is COc1ccc(-c2noc(CN(C)C(=O)C3CCCN(S(=O)(=O)c4ccc(F)cc4)C3)n2)cc1. The molecule has 0 saturated carbocycles. The van der Waals surface area contributed by atoms with Gasteiger partial charge in [0.05, 0.1) is 24.5 Å². The second-order valence-corrected chi connectivity index (χ2v) is 10.0. The molecule has 1 fully saturated rings. The summed E-state index contributed by atoms with van der Waals surface area (Å²) in [6, 6.07) is 11.9. The van der Waals surface area contributed by atoms with Crippen LogP contribution in [0.5, 0.6) is 5.75 Å². The van der Waals surface area contributed by atoms with Crippen molar-refractivity contribution >= 4 is 15.9 Å². The van der Waals surface area contributed by atoms with Gasteiger partial charge in [-0.25, -0.2) is 12.8 Å². The van der Waals surface area contributed by atoms with Crippen molar-refractivity contribution in [3.63, 3.8) is 0 Å². The smallest absolute Gasteiger partial charge is 0.246 e. The lowest BCUT2D eigenvalue weighted by atomic mass is 9.98. The number of hydrogen-bond acceptors (Lipinski definition) is 7. The van der Waals surface area contributed by atoms with Crippen molar-refractivity contribution < 1.29 is 26.9 Å². The van der Waals surface area contributed by atoms with E-state index in [-0.39, 0.29) is 29.8 Å². The highest BCUT2D eigenvalue weighted by atomic mass is 32.2. The van der Waals surface area contributed by atoms with Crippen LogP contribution in [0.25, 0.3) is 11.4 Å². The van der Waals surface area contributed by atoms with Crippen molar-refractivity contribution in [2.24, 2.45) is 5.92 Å². The van der Waals surface area contributed by atoms with Crippen molar-refractivity contribution in [1.82, 2.24) is 19.3 Å². The number of hydrogen-bond donors (Lipinski definition) is 0. The number of rotatable bonds is 7. The highest BCUT2D eigenvalue weighted by Gasteiger charge is 2.34. The van der Waals surface area contributed by atoms with Crippen molar-refractivity contribution in [2.75, 3.05) is 27.2 Å². The minimum absolute atomic E-state index is 0.00674. The second kappa shape index (κ2) is 9.90. The Kier molecular flexibility index (Phi) is 6.94. The largest absolute Gasteiger partial charge is 0.497 e. The lowest BCUT2D eigenvalue weighted by Gasteiger charge is -2.33. The van der Waals surface area contributed by atoms with Gasteiger partial charge in [-0.05, 0) is 61.4 Å². The standard InChI is InChI=1S/C23H25FN4O5S/c1-27(15-21-25-22(26-33-21)16-5-9-19(32-2)10-6-16)23(29)17-4-3-13-28(14-17)34(30,31)20-11-7-18(24)8-12-20/h5-12,17H,3-4,13-15H2,1-2H3. The summed E-state index contributed by atoms with van der Waals surface area (Å²) in [5.41, 5.74) is 0.749. The number of sulfonamides is 1. The number of piperidine rings is 1. The van der Waals surface area contributed by atoms with E-state index in [4.69, 9.17) is 9.26 Å². The van der Waals surface area contributed by atoms with Crippen LogP contribution in [0.3, 0.4) is 0 Å². The highest BCUT2D eigenvalue weighted by molar-refractivity contribution is 7.89. The number of nitrogens with zero attached hydrogens (tertiary/aromatic N) is 4. The molecule has 1 aliphatic rings. The van der Waals surface area contributed by atoms with E-state index in [1.807, 2.05) is 0 Å². The van der Waals surface area contributed by atoms with E-state index in [1.54, 1.807) is 38.4 Å². The predicted octanol–water partition coefficient (Wildman–Crippen LogP) is 2.94. The fourth-order valence-corrected chi connectivity index (χ4v) is 5.41. The number of carbonyl (C=O) groups excluding carboxylic acids is 1. The Morgan fingerprint density at radius 2 is 1.91 bits per heavy atom. The molecule has 3 aromatic rings. The first-order chi connectivity index (χ1) is 16.3. The zero-order valence-corrected chi connectivity index (χ0v) is 19.7. The van der Waals surface area contributed by atoms with Crippen molar-refractivity contribution in [3.8, 4) is 17.1 Å². The Bertz CT molecular complexity index is 1250. The van der Waals surface area contributed by atoms with Gasteiger partial charge < -0.3 is 14.2 Å². The average Bonchev–Trinajstić information content (AvgIpc) is 3.32. The van der Waals surface area contributed by atoms with Crippen LogP contribution in [0.1, 0.15) is 18.7 Å². The Morgan fingerprint density at radius 1 is 1.21 bits per heavy atom. The van der Waals surface area contributed by atoms with Crippen LogP contribution in [0.2, 0.25) is 0 Å². The first-order valence-corrected chi connectivity index (χ1v) is 12.2. The van der Waals surface area contributed by atoms with Gasteiger partial charge in [0, 0.05) is 25.7 Å². The molecule has 180 valence electrons. The summed E-state index contributed by atoms with van der Waals surface area (Å²) in [5.74, 6) is 0.159. The van der Waals surface area contributed by atoms with Gasteiger partial charge in [0.25, 0.3) is 0 Å². The summed E-state index contributed by atoms with van der Waals surface area (Å²) < 4.78 is 50.8. The lowest BCUT2D eigenvalue weighted by Crippen LogP contribution is -2.45. The zero-order valence-electron chi connectivity index (χ0n) is 18.8. The molecule has 0 bridgehead atoms. The van der Waals surface area contributed by atoms with Gasteiger partial charge in [-0.1, -0.05) is 5.16 Å². The van der Waals surface area contributed by atoms with Gasteiger partial charge in [0.1, 0.15) is 11.6 Å². The zero-order chi connectivity index (χ0) is 24.3. The number of halogens is 1. The van der Waals surface area contributed by atoms with Crippen molar-refractivity contribution in [1.29, 1.82) is 0 Å². The summed E-state index contributed by atoms with van der Waals surface area (Å²) >= 11 is 0. The molecule has 1 saturated heterocycles. The Morgan fingerprint density at radius 3 is 2.59 bits per heavy atom. The third kappa shape index (κ3) is 5.10. The fourth-order valence-electron chi connectivity index (χ4n) is 3.89. The normalized spacial score (nSPS) is 16.9. The van der Waals surface area contributed by atoms with Crippen molar-refractivity contribution in [3.05, 3.63) is 60.2 Å². The van der Waals surface area contributed by atoms with Crippen molar-refractivity contribution in [2.45, 2.75) is 24.3 Å². The number of benzene rings is 2. The summed E-state index contributed by atoms with van der Waals surface area (Å²) in [6.45, 7) is 0.467. The van der Waals surface area contributed by atoms with E-state index < -0.39 is 21.8 Å². The summed E-state index contributed by atoms with van der Waals surface area (Å²) in [6.07, 6.45) is 1.12. The molecule has 1 aromatic heterocycles. The summed E-state index contributed by atoms with van der Waals surface area (Å²) in [4.78, 5) is 18.9. The third-order valence-corrected chi connectivity index (χ3v) is 7.63. The summed E-state index contributed by atoms with van der Waals surface area (Å²) in [5, 5.41) is 3.97. The number of aromatic nitrogens is 2. The van der Waals surface area contributed by atoms with Gasteiger partial charge in [0.15, 0.2) is 0 Å². The molecule has 2 aromatic carbocycles. The lowest BCUT2D eigenvalue weighted by molar-refractivity contribution is -0.136. The van der Waals surface area contributed by atoms with Crippen LogP contribution in [0.15, 0.2) is 57.9 Å². The maximum absolute atomic E-state index is 13.2. The molecule has 0 radical (unpaired) electrons. The molecule has 1 amide bonds. The number of ether oxygens (including phenoxy) is 1. The third-order valence-electron chi connectivity index (χ3n) is 5.75. The van der Waals surface area contributed by atoms with Crippen LogP contribution >= 0.6 is 0 Å². The van der Waals surface area contributed by atoms with Gasteiger partial charge in [-0.2, -0.15) is 9.29 Å². The highest BCUT2D eigenvalue weighted by Crippen LogP contribution is 2.26. The first-order valence-electron chi connectivity index (χ1n) is 10.8. The molecular weight excluding hydrogens is 463 g/mol. The molecule has 0 aliphatic carbocycles. The van der Waals surface area contributed by atoms with E-state index >= 15 is 0 Å². The number of carbonyl (C=O) groups is 1. The van der Waals surface area contributed by atoms with Gasteiger partial charge in [-0.3, -0.25) is 4.79 Å². The monoisotopic (exact) mass is 488 g/mol. The maximum atomic E-state index is 13.2. The van der Waals surface area contributed by atoms with E-state index in [1.165, 1.54) is 21.3 Å². The molecular formula is C23H25FN4O5S. The van der Waals surface area contributed by atoms with E-state index in [9.17, 15) is 17.6 Å². The quantitative estimate of drug-likeness (QED) is 0.503. The molecule has 1 unspecified atom stereocenters. The van der Waals surface area contributed by atoms with E-state index in [0.717, 1.165) is 17.7 Å². The molecule has 34 heavy (non-hydrogen) atoms. The van der Waals surface area contributed by atoms with Gasteiger partial charge in [0.2, 0.25) is 27.6 Å². The topological polar surface area (TPSA) is 106 Å². The van der Waals surface area contributed by atoms with Gasteiger partial charge >= 0.3 is 0 Å². The Balaban J connectivity index is 1.40. The number of methoxy groups -OCH3 is 1. The number of amides is 1. The second-order valence-electron chi connectivity index (χ2n) is 8.09. The molecule has 1 atom stereocenters. The molecule has 4 rings (SSSR count). The maximum Gasteiger partial charge on any atom is 0.246 e. The first kappa shape index (κ1) is 23.8. The molecule has 0 N–H and O–H groups in total. The molecule has 1 aliphatic heterocycles. The Labute approximate surface area is 197 Å². The fraction of sp³-hybridized carbons (Fsp3) is 0.348. The molecule has 0 spiro atoms. The molecule has 11 heteroatoms. The average molecular weight is 489 g/mol. The van der Waals surface area contributed by atoms with Crippen LogP contribution in [-0.4, -0.2) is 60.9 Å². The van der Waals surface area contributed by atoms with Crippen LogP contribution in [0, 0.1) is 11.7 Å². The van der Waals surface area contributed by atoms with Crippen LogP contribution in [0.4, 0.5) is 4.39 Å². The van der Waals surface area contributed by atoms with E-state index in [0.29, 0.717) is 31.0 Å². The van der Waals surface area contributed by atoms with Gasteiger partial charge in [-0.15, -0.1) is 0 Å². The van der Waals surface area contributed by atoms with Crippen LogP contribution < -0.4 is 4.74 Å². The minimum atomic E-state index is -3.82. The van der Waals surface area contributed by atoms with E-state index in [2.05, 4.69) is 10.1 Å².